The molecule has 36 heavy (non-hydrogen) atoms. The smallest absolute Gasteiger partial charge is 0.435 e. The number of anilines is 2. The topological polar surface area (TPSA) is 100 Å². The second-order valence-corrected chi connectivity index (χ2v) is 10.6. The van der Waals surface area contributed by atoms with E-state index in [1.165, 1.54) is 17.0 Å². The Hall–Kier alpha value is -4.14. The van der Waals surface area contributed by atoms with Crippen LogP contribution in [0.4, 0.5) is 21.1 Å². The maximum absolute atomic E-state index is 13.3. The molecule has 0 spiro atoms. The summed E-state index contributed by atoms with van der Waals surface area (Å²) in [6.45, 7) is 12.8. The van der Waals surface area contributed by atoms with Crippen molar-refractivity contribution in [1.29, 1.82) is 0 Å². The van der Waals surface area contributed by atoms with Crippen LogP contribution in [-0.4, -0.2) is 42.7 Å². The lowest BCUT2D eigenvalue weighted by Gasteiger charge is -2.21. The molecule has 0 aliphatic carbocycles. The summed E-state index contributed by atoms with van der Waals surface area (Å²) in [6, 6.07) is 11.5. The largest absolute Gasteiger partial charge is 0.443 e. The number of carbonyl (C=O) groups excluding carboxylic acids is 2. The standard InChI is InChI=1S/C27H31N5O4/c1-17-8-10-20(11-9-17)30-23-13-22-18(14-28-23)12-21(32(22)25(34)36-27(5,6)7)19-15-29-31(16-19)24(33)35-26(2,3)4/h8-16H,1-7H3,(H,28,30). The van der Waals surface area contributed by atoms with Gasteiger partial charge < -0.3 is 14.8 Å². The highest BCUT2D eigenvalue weighted by molar-refractivity contribution is 5.97. The molecule has 0 amide bonds. The number of ether oxygens (including phenoxy) is 2. The predicted molar refractivity (Wildman–Crippen MR) is 139 cm³/mol. The molecule has 0 aliphatic heterocycles. The van der Waals surface area contributed by atoms with Gasteiger partial charge in [0.15, 0.2) is 0 Å². The SMILES string of the molecule is Cc1ccc(Nc2cc3c(cn2)cc(-c2cnn(C(=O)OC(C)(C)C)c2)n3C(=O)OC(C)(C)C)cc1. The molecule has 0 atom stereocenters. The van der Waals surface area contributed by atoms with Crippen LogP contribution in [0.2, 0.25) is 0 Å². The zero-order valence-electron chi connectivity index (χ0n) is 21.6. The van der Waals surface area contributed by atoms with Gasteiger partial charge in [0.1, 0.15) is 17.0 Å². The summed E-state index contributed by atoms with van der Waals surface area (Å²) in [5, 5.41) is 8.16. The number of nitrogens with one attached hydrogen (secondary N) is 1. The van der Waals surface area contributed by atoms with E-state index in [2.05, 4.69) is 15.4 Å². The third-order valence-electron chi connectivity index (χ3n) is 5.04. The Morgan fingerprint density at radius 1 is 0.889 bits per heavy atom. The van der Waals surface area contributed by atoms with Gasteiger partial charge in [-0.05, 0) is 66.7 Å². The van der Waals surface area contributed by atoms with Crippen LogP contribution in [0.5, 0.6) is 0 Å². The number of carbonyl (C=O) groups is 2. The van der Waals surface area contributed by atoms with E-state index in [0.717, 1.165) is 21.3 Å². The Balaban J connectivity index is 1.78. The van der Waals surface area contributed by atoms with Crippen LogP contribution in [0, 0.1) is 6.92 Å². The average Bonchev–Trinajstić information content (AvgIpc) is 3.37. The van der Waals surface area contributed by atoms with E-state index in [9.17, 15) is 9.59 Å². The van der Waals surface area contributed by atoms with E-state index >= 15 is 0 Å². The Kier molecular flexibility index (Phi) is 6.34. The summed E-state index contributed by atoms with van der Waals surface area (Å²) in [4.78, 5) is 30.3. The Morgan fingerprint density at radius 3 is 2.17 bits per heavy atom. The van der Waals surface area contributed by atoms with Gasteiger partial charge in [-0.15, -0.1) is 0 Å². The molecule has 1 aromatic carbocycles. The van der Waals surface area contributed by atoms with Crippen LogP contribution >= 0.6 is 0 Å². The van der Waals surface area contributed by atoms with Gasteiger partial charge in [-0.1, -0.05) is 17.7 Å². The lowest BCUT2D eigenvalue weighted by molar-refractivity contribution is 0.0512. The van der Waals surface area contributed by atoms with Crippen LogP contribution in [0.15, 0.2) is 55.0 Å². The zero-order valence-corrected chi connectivity index (χ0v) is 21.6. The average molecular weight is 490 g/mol. The number of aryl methyl sites for hydroxylation is 1. The number of aromatic nitrogens is 4. The van der Waals surface area contributed by atoms with E-state index in [4.69, 9.17) is 9.47 Å². The molecule has 4 rings (SSSR count). The first kappa shape index (κ1) is 25.0. The van der Waals surface area contributed by atoms with Gasteiger partial charge in [0.05, 0.1) is 17.4 Å². The van der Waals surface area contributed by atoms with Gasteiger partial charge in [0.25, 0.3) is 0 Å². The summed E-state index contributed by atoms with van der Waals surface area (Å²) < 4.78 is 13.7. The quantitative estimate of drug-likeness (QED) is 0.350. The number of rotatable bonds is 3. The van der Waals surface area contributed by atoms with Gasteiger partial charge in [-0.2, -0.15) is 9.78 Å². The maximum Gasteiger partial charge on any atom is 0.435 e. The van der Waals surface area contributed by atoms with Gasteiger partial charge in [0, 0.05) is 35.1 Å². The third kappa shape index (κ3) is 5.73. The molecule has 4 aromatic rings. The highest BCUT2D eigenvalue weighted by atomic mass is 16.6. The van der Waals surface area contributed by atoms with Crippen LogP contribution in [-0.2, 0) is 9.47 Å². The van der Waals surface area contributed by atoms with Crippen molar-refractivity contribution in [1.82, 2.24) is 19.3 Å². The third-order valence-corrected chi connectivity index (χ3v) is 5.04. The first-order chi connectivity index (χ1) is 16.8. The van der Waals surface area contributed by atoms with E-state index in [0.29, 0.717) is 22.6 Å². The lowest BCUT2D eigenvalue weighted by atomic mass is 10.2. The highest BCUT2D eigenvalue weighted by Crippen LogP contribution is 2.31. The van der Waals surface area contributed by atoms with E-state index in [1.807, 2.05) is 58.0 Å². The number of fused-ring (bicyclic) bond motifs is 1. The van der Waals surface area contributed by atoms with E-state index in [1.54, 1.807) is 33.0 Å². The van der Waals surface area contributed by atoms with Crippen LogP contribution in [0.3, 0.4) is 0 Å². The van der Waals surface area contributed by atoms with Gasteiger partial charge in [-0.25, -0.2) is 19.1 Å². The fourth-order valence-electron chi connectivity index (χ4n) is 3.54. The van der Waals surface area contributed by atoms with E-state index < -0.39 is 23.4 Å². The molecule has 0 aliphatic rings. The predicted octanol–water partition coefficient (Wildman–Crippen LogP) is 6.52. The van der Waals surface area contributed by atoms with Crippen LogP contribution < -0.4 is 5.32 Å². The van der Waals surface area contributed by atoms with Crippen molar-refractivity contribution in [2.75, 3.05) is 5.32 Å². The number of pyridine rings is 1. The molecule has 188 valence electrons. The minimum Gasteiger partial charge on any atom is -0.443 e. The summed E-state index contributed by atoms with van der Waals surface area (Å²) in [5.74, 6) is 0.574. The lowest BCUT2D eigenvalue weighted by Crippen LogP contribution is -2.27. The molecule has 0 fully saturated rings. The zero-order chi connectivity index (χ0) is 26.3. The van der Waals surface area contributed by atoms with Crippen molar-refractivity contribution in [3.05, 3.63) is 60.6 Å². The van der Waals surface area contributed by atoms with Gasteiger partial charge in [-0.3, -0.25) is 0 Å². The second kappa shape index (κ2) is 9.14. The van der Waals surface area contributed by atoms with Crippen molar-refractivity contribution >= 4 is 34.6 Å². The molecular formula is C27H31N5O4. The molecular weight excluding hydrogens is 458 g/mol. The Morgan fingerprint density at radius 2 is 1.53 bits per heavy atom. The number of hydrogen-bond acceptors (Lipinski definition) is 7. The van der Waals surface area contributed by atoms with Crippen LogP contribution in [0.1, 0.15) is 47.1 Å². The molecule has 0 saturated heterocycles. The molecule has 1 N–H and O–H groups in total. The fraction of sp³-hybridized carbons (Fsp3) is 0.333. The van der Waals surface area contributed by atoms with Gasteiger partial charge >= 0.3 is 12.2 Å². The first-order valence-corrected chi connectivity index (χ1v) is 11.7. The van der Waals surface area contributed by atoms with Crippen molar-refractivity contribution in [3.8, 4) is 11.3 Å². The molecule has 3 aromatic heterocycles. The minimum atomic E-state index is -0.707. The summed E-state index contributed by atoms with van der Waals surface area (Å²) in [5.41, 5.74) is 2.33. The van der Waals surface area contributed by atoms with Crippen molar-refractivity contribution in [2.45, 2.75) is 59.7 Å². The molecule has 0 saturated carbocycles. The number of hydrogen-bond donors (Lipinski definition) is 1. The molecule has 0 unspecified atom stereocenters. The molecule has 3 heterocycles. The maximum atomic E-state index is 13.3. The Bertz CT molecular complexity index is 1420. The van der Waals surface area contributed by atoms with Crippen molar-refractivity contribution in [2.24, 2.45) is 0 Å². The summed E-state index contributed by atoms with van der Waals surface area (Å²) >= 11 is 0. The molecule has 0 bridgehead atoms. The normalized spacial score (nSPS) is 12.0. The van der Waals surface area contributed by atoms with Crippen LogP contribution in [0.25, 0.3) is 22.2 Å². The minimum absolute atomic E-state index is 0.517. The molecule has 0 radical (unpaired) electrons. The monoisotopic (exact) mass is 489 g/mol. The summed E-state index contributed by atoms with van der Waals surface area (Å²) in [6.07, 6.45) is 3.57. The summed E-state index contributed by atoms with van der Waals surface area (Å²) in [7, 11) is 0. The highest BCUT2D eigenvalue weighted by Gasteiger charge is 2.25. The molecule has 9 nitrogen and oxygen atoms in total. The van der Waals surface area contributed by atoms with E-state index in [-0.39, 0.29) is 0 Å². The fourth-order valence-corrected chi connectivity index (χ4v) is 3.54. The Labute approximate surface area is 210 Å². The second-order valence-electron chi connectivity index (χ2n) is 10.6. The van der Waals surface area contributed by atoms with Gasteiger partial charge in [0.2, 0.25) is 0 Å². The van der Waals surface area contributed by atoms with Crippen molar-refractivity contribution in [3.63, 3.8) is 0 Å². The number of nitrogens with zero attached hydrogens (tertiary/aromatic N) is 4. The molecule has 9 heteroatoms. The van der Waals surface area contributed by atoms with Crippen molar-refractivity contribution < 1.29 is 19.1 Å². The first-order valence-electron chi connectivity index (χ1n) is 11.7. The number of benzene rings is 1.